The Labute approximate surface area is 124 Å². The highest BCUT2D eigenvalue weighted by Crippen LogP contribution is 2.30. The first kappa shape index (κ1) is 14.9. The van der Waals surface area contributed by atoms with Gasteiger partial charge in [0.1, 0.15) is 0 Å². The van der Waals surface area contributed by atoms with E-state index in [-0.39, 0.29) is 17.4 Å². The van der Waals surface area contributed by atoms with Crippen LogP contribution in [-0.4, -0.2) is 34.1 Å². The predicted molar refractivity (Wildman–Crippen MR) is 82.5 cm³/mol. The minimum atomic E-state index is -0.173. The molecule has 2 aromatic carbocycles. The highest BCUT2D eigenvalue weighted by molar-refractivity contribution is 5.95. The molecule has 0 saturated heterocycles. The van der Waals surface area contributed by atoms with E-state index >= 15 is 0 Å². The number of amides is 1. The van der Waals surface area contributed by atoms with Gasteiger partial charge < -0.3 is 15.1 Å². The number of carbonyl (C=O) groups excluding carboxylic acids is 1. The van der Waals surface area contributed by atoms with Gasteiger partial charge in [-0.05, 0) is 49.2 Å². The first-order chi connectivity index (χ1) is 10.1. The van der Waals surface area contributed by atoms with Crippen molar-refractivity contribution in [3.05, 3.63) is 48.0 Å². The second-order valence-electron chi connectivity index (χ2n) is 4.76. The number of rotatable bonds is 4. The summed E-state index contributed by atoms with van der Waals surface area (Å²) in [5.74, 6) is -0.341. The minimum absolute atomic E-state index is 0.00940. The third-order valence-electron chi connectivity index (χ3n) is 3.47. The zero-order chi connectivity index (χ0) is 15.4. The molecule has 110 valence electrons. The van der Waals surface area contributed by atoms with E-state index in [4.69, 9.17) is 0 Å². The van der Waals surface area contributed by atoms with Crippen molar-refractivity contribution in [3.8, 4) is 22.6 Å². The van der Waals surface area contributed by atoms with Gasteiger partial charge in [0, 0.05) is 18.7 Å². The zero-order valence-corrected chi connectivity index (χ0v) is 12.2. The van der Waals surface area contributed by atoms with Crippen molar-refractivity contribution in [2.24, 2.45) is 0 Å². The molecule has 2 rings (SSSR count). The molecule has 0 fully saturated rings. The van der Waals surface area contributed by atoms with Gasteiger partial charge >= 0.3 is 0 Å². The molecule has 0 unspecified atom stereocenters. The van der Waals surface area contributed by atoms with Gasteiger partial charge in [-0.25, -0.2) is 0 Å². The van der Waals surface area contributed by atoms with E-state index in [9.17, 15) is 15.0 Å². The van der Waals surface area contributed by atoms with Gasteiger partial charge in [0.25, 0.3) is 5.91 Å². The quantitative estimate of drug-likeness (QED) is 0.848. The average Bonchev–Trinajstić information content (AvgIpc) is 2.51. The van der Waals surface area contributed by atoms with Crippen molar-refractivity contribution in [2.45, 2.75) is 13.8 Å². The van der Waals surface area contributed by atoms with Crippen LogP contribution in [0.1, 0.15) is 24.2 Å². The highest BCUT2D eigenvalue weighted by atomic mass is 16.3. The Morgan fingerprint density at radius 3 is 2.24 bits per heavy atom. The van der Waals surface area contributed by atoms with Crippen LogP contribution in [0, 0.1) is 0 Å². The van der Waals surface area contributed by atoms with Gasteiger partial charge in [-0.3, -0.25) is 4.79 Å². The first-order valence-electron chi connectivity index (χ1n) is 6.98. The van der Waals surface area contributed by atoms with Crippen molar-refractivity contribution in [1.82, 2.24) is 4.90 Å². The topological polar surface area (TPSA) is 60.8 Å². The van der Waals surface area contributed by atoms with Crippen LogP contribution in [0.15, 0.2) is 42.5 Å². The first-order valence-corrected chi connectivity index (χ1v) is 6.98. The molecule has 1 amide bonds. The summed E-state index contributed by atoms with van der Waals surface area (Å²) in [5.41, 5.74) is 2.19. The molecular formula is C17H19NO3. The number of hydrogen-bond acceptors (Lipinski definition) is 3. The van der Waals surface area contributed by atoms with Crippen LogP contribution in [-0.2, 0) is 0 Å². The fourth-order valence-corrected chi connectivity index (χ4v) is 2.23. The summed E-state index contributed by atoms with van der Waals surface area (Å²) in [7, 11) is 0. The van der Waals surface area contributed by atoms with E-state index < -0.39 is 0 Å². The van der Waals surface area contributed by atoms with Gasteiger partial charge in [0.05, 0.1) is 0 Å². The van der Waals surface area contributed by atoms with Crippen LogP contribution in [0.5, 0.6) is 11.5 Å². The summed E-state index contributed by atoms with van der Waals surface area (Å²) < 4.78 is 0. The Bertz CT molecular complexity index is 648. The molecule has 0 radical (unpaired) electrons. The largest absolute Gasteiger partial charge is 0.504 e. The van der Waals surface area contributed by atoms with Crippen LogP contribution in [0.3, 0.4) is 0 Å². The summed E-state index contributed by atoms with van der Waals surface area (Å²) >= 11 is 0. The Balaban J connectivity index is 2.37. The lowest BCUT2D eigenvalue weighted by Gasteiger charge is -2.19. The maximum atomic E-state index is 12.3. The summed E-state index contributed by atoms with van der Waals surface area (Å²) in [4.78, 5) is 14.1. The van der Waals surface area contributed by atoms with Crippen LogP contribution < -0.4 is 0 Å². The monoisotopic (exact) mass is 285 g/mol. The molecule has 0 aliphatic rings. The van der Waals surface area contributed by atoms with E-state index in [0.29, 0.717) is 18.7 Å². The van der Waals surface area contributed by atoms with Crippen LogP contribution in [0.25, 0.3) is 11.1 Å². The lowest BCUT2D eigenvalue weighted by molar-refractivity contribution is 0.0773. The molecule has 0 spiro atoms. The van der Waals surface area contributed by atoms with E-state index in [1.54, 1.807) is 23.1 Å². The summed E-state index contributed by atoms with van der Waals surface area (Å²) in [5, 5.41) is 18.9. The lowest BCUT2D eigenvalue weighted by Crippen LogP contribution is -2.30. The molecule has 0 bridgehead atoms. The van der Waals surface area contributed by atoms with Gasteiger partial charge in [-0.1, -0.05) is 18.2 Å². The van der Waals surface area contributed by atoms with E-state index in [0.717, 1.165) is 11.1 Å². The maximum Gasteiger partial charge on any atom is 0.253 e. The van der Waals surface area contributed by atoms with Crippen LogP contribution in [0.4, 0.5) is 0 Å². The molecular weight excluding hydrogens is 266 g/mol. The van der Waals surface area contributed by atoms with E-state index in [1.165, 1.54) is 12.1 Å². The molecule has 2 N–H and O–H groups in total. The second kappa shape index (κ2) is 6.31. The van der Waals surface area contributed by atoms with E-state index in [2.05, 4.69) is 0 Å². The number of phenols is 2. The number of aromatic hydroxyl groups is 2. The number of carbonyl (C=O) groups is 1. The molecule has 0 saturated carbocycles. The van der Waals surface area contributed by atoms with Crippen molar-refractivity contribution < 1.29 is 15.0 Å². The molecule has 4 nitrogen and oxygen atoms in total. The molecule has 2 aromatic rings. The molecule has 0 atom stereocenters. The van der Waals surface area contributed by atoms with Gasteiger partial charge in [-0.15, -0.1) is 0 Å². The third-order valence-corrected chi connectivity index (χ3v) is 3.47. The third kappa shape index (κ3) is 3.16. The smallest absolute Gasteiger partial charge is 0.253 e. The molecule has 4 heteroatoms. The predicted octanol–water partition coefficient (Wildman–Crippen LogP) is 3.25. The Kier molecular flexibility index (Phi) is 4.48. The van der Waals surface area contributed by atoms with Gasteiger partial charge in [-0.2, -0.15) is 0 Å². The number of phenolic OH excluding ortho intramolecular Hbond substituents is 2. The molecule has 21 heavy (non-hydrogen) atoms. The summed E-state index contributed by atoms with van der Waals surface area (Å²) in [6.45, 7) is 5.23. The number of nitrogens with zero attached hydrogens (tertiary/aromatic N) is 1. The molecule has 0 aromatic heterocycles. The van der Waals surface area contributed by atoms with Crippen molar-refractivity contribution in [3.63, 3.8) is 0 Å². The zero-order valence-electron chi connectivity index (χ0n) is 12.2. The molecule has 0 heterocycles. The van der Waals surface area contributed by atoms with Crippen molar-refractivity contribution in [1.29, 1.82) is 0 Å². The Morgan fingerprint density at radius 1 is 0.952 bits per heavy atom. The van der Waals surface area contributed by atoms with Gasteiger partial charge in [0.2, 0.25) is 0 Å². The van der Waals surface area contributed by atoms with Crippen molar-refractivity contribution >= 4 is 5.91 Å². The average molecular weight is 285 g/mol. The number of hydrogen-bond donors (Lipinski definition) is 2. The minimum Gasteiger partial charge on any atom is -0.504 e. The summed E-state index contributed by atoms with van der Waals surface area (Å²) in [6.07, 6.45) is 0. The molecule has 0 aliphatic carbocycles. The van der Waals surface area contributed by atoms with Crippen LogP contribution in [0.2, 0.25) is 0 Å². The highest BCUT2D eigenvalue weighted by Gasteiger charge is 2.13. The van der Waals surface area contributed by atoms with Gasteiger partial charge in [0.15, 0.2) is 11.5 Å². The summed E-state index contributed by atoms with van der Waals surface area (Å²) in [6, 6.07) is 11.9. The van der Waals surface area contributed by atoms with E-state index in [1.807, 2.05) is 26.0 Å². The Morgan fingerprint density at radius 2 is 1.62 bits per heavy atom. The molecule has 0 aliphatic heterocycles. The van der Waals surface area contributed by atoms with Crippen molar-refractivity contribution in [2.75, 3.05) is 13.1 Å². The SMILES string of the molecule is CCN(CC)C(=O)c1cccc(-c2ccc(O)c(O)c2)c1. The lowest BCUT2D eigenvalue weighted by atomic mass is 10.0. The Hall–Kier alpha value is -2.49. The maximum absolute atomic E-state index is 12.3. The normalized spacial score (nSPS) is 10.4. The fourth-order valence-electron chi connectivity index (χ4n) is 2.23. The second-order valence-corrected chi connectivity index (χ2v) is 4.76. The fraction of sp³-hybridized carbons (Fsp3) is 0.235. The van der Waals surface area contributed by atoms with Crippen LogP contribution >= 0.6 is 0 Å². The standard InChI is InChI=1S/C17H19NO3/c1-3-18(4-2)17(21)14-7-5-6-12(10-14)13-8-9-15(19)16(20)11-13/h5-11,19-20H,3-4H2,1-2H3. The number of benzene rings is 2.